The van der Waals surface area contributed by atoms with Crippen molar-refractivity contribution in [3.63, 3.8) is 0 Å². The number of hydrogen-bond donors (Lipinski definition) is 1. The minimum absolute atomic E-state index is 0.866. The highest BCUT2D eigenvalue weighted by Crippen LogP contribution is 2.29. The molecule has 3 heteroatoms. The summed E-state index contributed by atoms with van der Waals surface area (Å²) >= 11 is 5.49. The third-order valence-corrected chi connectivity index (χ3v) is 4.72. The van der Waals surface area contributed by atoms with Crippen LogP contribution in [0.15, 0.2) is 10.5 Å². The normalized spacial score (nSPS) is 22.5. The maximum absolute atomic E-state index is 3.56. The van der Waals surface area contributed by atoms with Crippen LogP contribution in [0, 0.1) is 12.8 Å². The van der Waals surface area contributed by atoms with Crippen molar-refractivity contribution in [2.45, 2.75) is 19.8 Å². The molecule has 1 unspecified atom stereocenters. The smallest absolute Gasteiger partial charge is 0.0314 e. The maximum Gasteiger partial charge on any atom is 0.0314 e. The molecule has 13 heavy (non-hydrogen) atoms. The highest BCUT2D eigenvalue weighted by molar-refractivity contribution is 9.10. The number of hydrogen-bond acceptors (Lipinski definition) is 2. The van der Waals surface area contributed by atoms with E-state index in [9.17, 15) is 0 Å². The summed E-state index contributed by atoms with van der Waals surface area (Å²) in [6, 6.07) is 2.28. The van der Waals surface area contributed by atoms with E-state index in [0.717, 1.165) is 5.92 Å². The lowest BCUT2D eigenvalue weighted by Gasteiger charge is -2.04. The summed E-state index contributed by atoms with van der Waals surface area (Å²) in [6.07, 6.45) is 2.60. The summed E-state index contributed by atoms with van der Waals surface area (Å²) in [5.41, 5.74) is 0. The zero-order chi connectivity index (χ0) is 9.26. The molecule has 1 aromatic rings. The van der Waals surface area contributed by atoms with Gasteiger partial charge in [-0.15, -0.1) is 11.3 Å². The third-order valence-electron chi connectivity index (χ3n) is 2.56. The molecule has 0 radical (unpaired) electrons. The lowest BCUT2D eigenvalue weighted by Crippen LogP contribution is -2.10. The van der Waals surface area contributed by atoms with Crippen LogP contribution in [0.1, 0.15) is 16.2 Å². The van der Waals surface area contributed by atoms with E-state index in [1.807, 2.05) is 11.3 Å². The van der Waals surface area contributed by atoms with E-state index >= 15 is 0 Å². The van der Waals surface area contributed by atoms with E-state index in [4.69, 9.17) is 0 Å². The lowest BCUT2D eigenvalue weighted by atomic mass is 10.0. The molecule has 0 spiro atoms. The Bertz CT molecular complexity index is 270. The van der Waals surface area contributed by atoms with Gasteiger partial charge >= 0.3 is 0 Å². The Morgan fingerprint density at radius 1 is 1.69 bits per heavy atom. The number of thiophene rings is 1. The zero-order valence-electron chi connectivity index (χ0n) is 7.77. The summed E-state index contributed by atoms with van der Waals surface area (Å²) in [4.78, 5) is 2.93. The first kappa shape index (κ1) is 9.69. The van der Waals surface area contributed by atoms with Crippen LogP contribution in [0.4, 0.5) is 0 Å². The molecular formula is C10H14BrNS. The molecule has 1 atom stereocenters. The van der Waals surface area contributed by atoms with Gasteiger partial charge in [0.2, 0.25) is 0 Å². The van der Waals surface area contributed by atoms with Crippen LogP contribution in [-0.2, 0) is 6.42 Å². The summed E-state index contributed by atoms with van der Waals surface area (Å²) in [6.45, 7) is 4.58. The van der Waals surface area contributed by atoms with Gasteiger partial charge in [-0.25, -0.2) is 0 Å². The second-order valence-corrected chi connectivity index (χ2v) is 5.87. The molecule has 0 amide bonds. The van der Waals surface area contributed by atoms with Gasteiger partial charge in [-0.3, -0.25) is 0 Å². The Balaban J connectivity index is 2.00. The van der Waals surface area contributed by atoms with Crippen molar-refractivity contribution >= 4 is 27.3 Å². The van der Waals surface area contributed by atoms with Crippen LogP contribution >= 0.6 is 27.3 Å². The molecule has 72 valence electrons. The van der Waals surface area contributed by atoms with Gasteiger partial charge in [0.25, 0.3) is 0 Å². The van der Waals surface area contributed by atoms with Crippen LogP contribution in [0.2, 0.25) is 0 Å². The third kappa shape index (κ3) is 2.33. The minimum atomic E-state index is 0.866. The first-order valence-electron chi connectivity index (χ1n) is 4.71. The highest BCUT2D eigenvalue weighted by atomic mass is 79.9. The predicted molar refractivity (Wildman–Crippen MR) is 61.4 cm³/mol. The SMILES string of the molecule is Cc1sc(CC2CCNC2)cc1Br. The predicted octanol–water partition coefficient (Wildman–Crippen LogP) is 2.97. The Morgan fingerprint density at radius 3 is 3.08 bits per heavy atom. The van der Waals surface area contributed by atoms with Gasteiger partial charge in [0.15, 0.2) is 0 Å². The molecule has 1 saturated heterocycles. The van der Waals surface area contributed by atoms with Crippen molar-refractivity contribution in [2.75, 3.05) is 13.1 Å². The monoisotopic (exact) mass is 259 g/mol. The summed E-state index contributed by atoms with van der Waals surface area (Å²) in [7, 11) is 0. The fourth-order valence-corrected chi connectivity index (χ4v) is 3.51. The van der Waals surface area contributed by atoms with Gasteiger partial charge in [-0.1, -0.05) is 0 Å². The zero-order valence-corrected chi connectivity index (χ0v) is 10.2. The van der Waals surface area contributed by atoms with E-state index in [-0.39, 0.29) is 0 Å². The standard InChI is InChI=1S/C10H14BrNS/c1-7-10(11)5-9(13-7)4-8-2-3-12-6-8/h5,8,12H,2-4,6H2,1H3. The fourth-order valence-electron chi connectivity index (χ4n) is 1.79. The molecular weight excluding hydrogens is 246 g/mol. The molecule has 1 aliphatic rings. The largest absolute Gasteiger partial charge is 0.316 e. The fraction of sp³-hybridized carbons (Fsp3) is 0.600. The van der Waals surface area contributed by atoms with Crippen molar-refractivity contribution in [2.24, 2.45) is 5.92 Å². The molecule has 2 rings (SSSR count). The summed E-state index contributed by atoms with van der Waals surface area (Å²) in [5, 5.41) is 3.41. The van der Waals surface area contributed by atoms with E-state index in [2.05, 4.69) is 34.2 Å². The second-order valence-electron chi connectivity index (χ2n) is 3.68. The molecule has 1 N–H and O–H groups in total. The van der Waals surface area contributed by atoms with Gasteiger partial charge < -0.3 is 5.32 Å². The van der Waals surface area contributed by atoms with Crippen molar-refractivity contribution in [1.82, 2.24) is 5.32 Å². The van der Waals surface area contributed by atoms with Crippen molar-refractivity contribution in [3.05, 3.63) is 20.3 Å². The van der Waals surface area contributed by atoms with Gasteiger partial charge in [0.1, 0.15) is 0 Å². The Morgan fingerprint density at radius 2 is 2.54 bits per heavy atom. The topological polar surface area (TPSA) is 12.0 Å². The molecule has 1 fully saturated rings. The second kappa shape index (κ2) is 4.11. The lowest BCUT2D eigenvalue weighted by molar-refractivity contribution is 0.585. The quantitative estimate of drug-likeness (QED) is 0.862. The Hall–Kier alpha value is 0.140. The van der Waals surface area contributed by atoms with Crippen LogP contribution in [-0.4, -0.2) is 13.1 Å². The van der Waals surface area contributed by atoms with Gasteiger partial charge in [-0.05, 0) is 60.8 Å². The van der Waals surface area contributed by atoms with Crippen LogP contribution in [0.5, 0.6) is 0 Å². The van der Waals surface area contributed by atoms with E-state index in [1.165, 1.54) is 40.2 Å². The van der Waals surface area contributed by atoms with Crippen LogP contribution in [0.3, 0.4) is 0 Å². The molecule has 1 aliphatic heterocycles. The van der Waals surface area contributed by atoms with Gasteiger partial charge in [0, 0.05) is 14.2 Å². The minimum Gasteiger partial charge on any atom is -0.316 e. The molecule has 0 saturated carbocycles. The van der Waals surface area contributed by atoms with Gasteiger partial charge in [-0.2, -0.15) is 0 Å². The number of rotatable bonds is 2. The van der Waals surface area contributed by atoms with E-state index in [0.29, 0.717) is 0 Å². The number of halogens is 1. The highest BCUT2D eigenvalue weighted by Gasteiger charge is 2.16. The van der Waals surface area contributed by atoms with E-state index in [1.54, 1.807) is 0 Å². The molecule has 0 aromatic carbocycles. The van der Waals surface area contributed by atoms with Crippen molar-refractivity contribution in [3.8, 4) is 0 Å². The number of aryl methyl sites for hydroxylation is 1. The molecule has 0 bridgehead atoms. The first-order valence-corrected chi connectivity index (χ1v) is 6.32. The first-order chi connectivity index (χ1) is 6.25. The molecule has 0 aliphatic carbocycles. The maximum atomic E-state index is 3.56. The molecule has 2 heterocycles. The van der Waals surface area contributed by atoms with E-state index < -0.39 is 0 Å². The Kier molecular flexibility index (Phi) is 3.06. The van der Waals surface area contributed by atoms with Crippen molar-refractivity contribution in [1.29, 1.82) is 0 Å². The van der Waals surface area contributed by atoms with Crippen LogP contribution < -0.4 is 5.32 Å². The Labute approximate surface area is 91.7 Å². The number of nitrogens with one attached hydrogen (secondary N) is 1. The molecule has 1 aromatic heterocycles. The summed E-state index contributed by atoms with van der Waals surface area (Å²) in [5.74, 6) is 0.866. The summed E-state index contributed by atoms with van der Waals surface area (Å²) < 4.78 is 1.28. The molecule has 1 nitrogen and oxygen atoms in total. The van der Waals surface area contributed by atoms with Gasteiger partial charge in [0.05, 0.1) is 0 Å². The van der Waals surface area contributed by atoms with Crippen LogP contribution in [0.25, 0.3) is 0 Å². The van der Waals surface area contributed by atoms with Crippen molar-refractivity contribution < 1.29 is 0 Å². The average molecular weight is 260 g/mol. The average Bonchev–Trinajstić information content (AvgIpc) is 2.64.